The summed E-state index contributed by atoms with van der Waals surface area (Å²) < 4.78 is 17.3. The fourth-order valence-corrected chi connectivity index (χ4v) is 2.74. The van der Waals surface area contributed by atoms with Crippen LogP contribution in [-0.4, -0.2) is 5.52 Å². The van der Waals surface area contributed by atoms with E-state index < -0.39 is 13.6 Å². The Morgan fingerprint density at radius 2 is 1.55 bits per heavy atom. The first-order valence-corrected chi connectivity index (χ1v) is 7.49. The van der Waals surface area contributed by atoms with Gasteiger partial charge in [-0.25, -0.2) is 9.32 Å². The van der Waals surface area contributed by atoms with E-state index in [0.717, 1.165) is 16.7 Å². The lowest BCUT2D eigenvalue weighted by Gasteiger charge is -2.04. The molecule has 0 fully saturated rings. The summed E-state index contributed by atoms with van der Waals surface area (Å²) in [4.78, 5) is 12.2. The van der Waals surface area contributed by atoms with Gasteiger partial charge in [0.1, 0.15) is 0 Å². The SMILES string of the molecule is Cc1cc(C)c(C(=O)[P+](=O)Oc2ccccc2)cc1C. The van der Waals surface area contributed by atoms with Gasteiger partial charge in [0.15, 0.2) is 5.75 Å². The molecular weight excluding hydrogens is 271 g/mol. The van der Waals surface area contributed by atoms with Gasteiger partial charge < -0.3 is 0 Å². The Kier molecular flexibility index (Phi) is 4.31. The van der Waals surface area contributed by atoms with E-state index in [1.54, 1.807) is 30.3 Å². The topological polar surface area (TPSA) is 43.4 Å². The normalized spacial score (nSPS) is 11.1. The van der Waals surface area contributed by atoms with Crippen molar-refractivity contribution in [1.29, 1.82) is 0 Å². The summed E-state index contributed by atoms with van der Waals surface area (Å²) >= 11 is 0. The van der Waals surface area contributed by atoms with E-state index in [-0.39, 0.29) is 0 Å². The summed E-state index contributed by atoms with van der Waals surface area (Å²) in [5.41, 5.74) is 2.92. The van der Waals surface area contributed by atoms with Crippen molar-refractivity contribution in [1.82, 2.24) is 0 Å². The second-order valence-electron chi connectivity index (χ2n) is 4.72. The Morgan fingerprint density at radius 3 is 2.20 bits per heavy atom. The molecule has 4 heteroatoms. The molecule has 20 heavy (non-hydrogen) atoms. The Balaban J connectivity index is 2.23. The smallest absolute Gasteiger partial charge is 0.248 e. The molecule has 0 aliphatic carbocycles. The molecule has 0 amide bonds. The molecule has 0 N–H and O–H groups in total. The van der Waals surface area contributed by atoms with Gasteiger partial charge in [-0.3, -0.25) is 0 Å². The first kappa shape index (κ1) is 14.4. The predicted molar refractivity (Wildman–Crippen MR) is 79.7 cm³/mol. The molecule has 1 unspecified atom stereocenters. The molecule has 0 aliphatic rings. The van der Waals surface area contributed by atoms with Crippen molar-refractivity contribution in [2.75, 3.05) is 0 Å². The minimum Gasteiger partial charge on any atom is -0.248 e. The molecule has 0 saturated carbocycles. The fourth-order valence-electron chi connectivity index (χ4n) is 1.91. The van der Waals surface area contributed by atoms with Crippen LogP contribution in [0.3, 0.4) is 0 Å². The standard InChI is InChI=1S/C16H16O3P/c1-11-9-13(3)15(10-12(11)2)16(17)20(18)19-14-7-5-4-6-8-14/h4-10H,1-3H3/q+1. The molecule has 102 valence electrons. The van der Waals surface area contributed by atoms with Gasteiger partial charge in [-0.2, -0.15) is 0 Å². The Morgan fingerprint density at radius 1 is 0.950 bits per heavy atom. The molecule has 0 heterocycles. The number of hydrogen-bond acceptors (Lipinski definition) is 3. The average molecular weight is 287 g/mol. The number of carbonyl (C=O) groups excluding carboxylic acids is 1. The van der Waals surface area contributed by atoms with Crippen LogP contribution in [0, 0.1) is 20.8 Å². The highest BCUT2D eigenvalue weighted by Gasteiger charge is 2.35. The zero-order valence-electron chi connectivity index (χ0n) is 11.7. The summed E-state index contributed by atoms with van der Waals surface area (Å²) in [6.07, 6.45) is 0. The molecule has 0 spiro atoms. The van der Waals surface area contributed by atoms with E-state index in [2.05, 4.69) is 0 Å². The molecular formula is C16H16O3P+. The minimum absolute atomic E-state index is 0.434. The van der Waals surface area contributed by atoms with E-state index in [1.165, 1.54) is 0 Å². The number of carbonyl (C=O) groups is 1. The van der Waals surface area contributed by atoms with E-state index in [0.29, 0.717) is 11.3 Å². The van der Waals surface area contributed by atoms with Gasteiger partial charge in [-0.1, -0.05) is 24.3 Å². The molecule has 0 aliphatic heterocycles. The molecule has 0 saturated heterocycles. The summed E-state index contributed by atoms with van der Waals surface area (Å²) in [6, 6.07) is 12.4. The number of hydrogen-bond donors (Lipinski definition) is 0. The van der Waals surface area contributed by atoms with Crippen LogP contribution in [0.5, 0.6) is 5.75 Å². The van der Waals surface area contributed by atoms with Gasteiger partial charge >= 0.3 is 13.6 Å². The van der Waals surface area contributed by atoms with Crippen LogP contribution in [0.15, 0.2) is 42.5 Å². The first-order valence-electron chi connectivity index (χ1n) is 6.31. The summed E-state index contributed by atoms with van der Waals surface area (Å²) in [5.74, 6) is 0.434. The van der Waals surface area contributed by atoms with E-state index in [1.807, 2.05) is 32.9 Å². The number of benzene rings is 2. The quantitative estimate of drug-likeness (QED) is 0.773. The zero-order chi connectivity index (χ0) is 14.7. The maximum absolute atomic E-state index is 12.2. The lowest BCUT2D eigenvalue weighted by molar-refractivity contribution is 0.106. The van der Waals surface area contributed by atoms with Crippen molar-refractivity contribution < 1.29 is 13.9 Å². The van der Waals surface area contributed by atoms with Crippen LogP contribution in [-0.2, 0) is 4.57 Å². The van der Waals surface area contributed by atoms with Crippen molar-refractivity contribution in [3.05, 3.63) is 64.7 Å². The Hall–Kier alpha value is -1.99. The monoisotopic (exact) mass is 287 g/mol. The molecule has 0 bridgehead atoms. The van der Waals surface area contributed by atoms with E-state index >= 15 is 0 Å². The molecule has 0 radical (unpaired) electrons. The van der Waals surface area contributed by atoms with E-state index in [9.17, 15) is 9.36 Å². The number of para-hydroxylation sites is 1. The maximum Gasteiger partial charge on any atom is 0.641 e. The number of aryl methyl sites for hydroxylation is 3. The molecule has 2 aromatic rings. The number of rotatable bonds is 4. The van der Waals surface area contributed by atoms with Gasteiger partial charge in [0, 0.05) is 0 Å². The van der Waals surface area contributed by atoms with Crippen LogP contribution in [0.25, 0.3) is 0 Å². The van der Waals surface area contributed by atoms with E-state index in [4.69, 9.17) is 4.52 Å². The fraction of sp³-hybridized carbons (Fsp3) is 0.188. The summed E-state index contributed by atoms with van der Waals surface area (Å²) in [6.45, 7) is 5.75. The van der Waals surface area contributed by atoms with Crippen LogP contribution < -0.4 is 4.52 Å². The highest BCUT2D eigenvalue weighted by Crippen LogP contribution is 2.32. The summed E-state index contributed by atoms with van der Waals surface area (Å²) in [5, 5.41) is 0. The second kappa shape index (κ2) is 5.98. The third-order valence-electron chi connectivity index (χ3n) is 3.17. The summed E-state index contributed by atoms with van der Waals surface area (Å²) in [7, 11) is -2.42. The van der Waals surface area contributed by atoms with Gasteiger partial charge in [0.2, 0.25) is 0 Å². The van der Waals surface area contributed by atoms with Crippen LogP contribution in [0.4, 0.5) is 0 Å². The Labute approximate surface area is 119 Å². The van der Waals surface area contributed by atoms with Gasteiger partial charge in [-0.15, -0.1) is 0 Å². The van der Waals surface area contributed by atoms with Crippen molar-refractivity contribution in [3.63, 3.8) is 0 Å². The van der Waals surface area contributed by atoms with Gasteiger partial charge in [0.25, 0.3) is 0 Å². The van der Waals surface area contributed by atoms with Crippen molar-refractivity contribution in [2.45, 2.75) is 20.8 Å². The molecule has 2 aromatic carbocycles. The maximum atomic E-state index is 12.2. The van der Waals surface area contributed by atoms with Gasteiger partial charge in [-0.05, 0) is 60.2 Å². The predicted octanol–water partition coefficient (Wildman–Crippen LogP) is 4.57. The largest absolute Gasteiger partial charge is 0.641 e. The van der Waals surface area contributed by atoms with Crippen molar-refractivity contribution in [3.8, 4) is 5.75 Å². The average Bonchev–Trinajstić information content (AvgIpc) is 2.43. The van der Waals surface area contributed by atoms with Crippen LogP contribution >= 0.6 is 8.03 Å². The van der Waals surface area contributed by atoms with Crippen molar-refractivity contribution in [2.24, 2.45) is 0 Å². The molecule has 1 atom stereocenters. The highest BCUT2D eigenvalue weighted by molar-refractivity contribution is 7.60. The first-order chi connectivity index (χ1) is 9.49. The van der Waals surface area contributed by atoms with Gasteiger partial charge in [0.05, 0.1) is 5.56 Å². The molecule has 3 nitrogen and oxygen atoms in total. The Bertz CT molecular complexity index is 663. The highest BCUT2D eigenvalue weighted by atomic mass is 31.1. The lowest BCUT2D eigenvalue weighted by Crippen LogP contribution is -2.01. The van der Waals surface area contributed by atoms with Crippen LogP contribution in [0.2, 0.25) is 0 Å². The van der Waals surface area contributed by atoms with Crippen molar-refractivity contribution >= 4 is 13.6 Å². The third-order valence-corrected chi connectivity index (χ3v) is 4.12. The van der Waals surface area contributed by atoms with Crippen LogP contribution in [0.1, 0.15) is 27.0 Å². The third kappa shape index (κ3) is 3.12. The zero-order valence-corrected chi connectivity index (χ0v) is 12.6. The lowest BCUT2D eigenvalue weighted by atomic mass is 10.0. The minimum atomic E-state index is -2.42. The second-order valence-corrected chi connectivity index (χ2v) is 5.82. The molecule has 0 aromatic heterocycles. The molecule has 2 rings (SSSR count).